The minimum Gasteiger partial charge on any atom is -0.305 e. The number of anilines is 1. The molecular formula is C10H10N2O3S. The molecule has 0 radical (unpaired) electrons. The summed E-state index contributed by atoms with van der Waals surface area (Å²) >= 11 is 0. The molecule has 0 saturated heterocycles. The first-order chi connectivity index (χ1) is 7.45. The van der Waals surface area contributed by atoms with E-state index in [1.807, 2.05) is 0 Å². The van der Waals surface area contributed by atoms with E-state index in [-0.39, 0.29) is 5.75 Å². The van der Waals surface area contributed by atoms with Gasteiger partial charge >= 0.3 is 0 Å². The second-order valence-electron chi connectivity index (χ2n) is 3.58. The van der Waals surface area contributed by atoms with E-state index in [4.69, 9.17) is 5.41 Å². The minimum atomic E-state index is -3.27. The lowest BCUT2D eigenvalue weighted by Gasteiger charge is -2.11. The van der Waals surface area contributed by atoms with Crippen molar-refractivity contribution < 1.29 is 13.2 Å². The van der Waals surface area contributed by atoms with Crippen LogP contribution in [0.5, 0.6) is 0 Å². The fourth-order valence-electron chi connectivity index (χ4n) is 1.66. The highest BCUT2D eigenvalue weighted by Crippen LogP contribution is 2.32. The zero-order valence-electron chi connectivity index (χ0n) is 8.60. The van der Waals surface area contributed by atoms with Crippen molar-refractivity contribution in [2.45, 2.75) is 5.75 Å². The van der Waals surface area contributed by atoms with E-state index in [1.165, 1.54) is 17.4 Å². The molecule has 1 aromatic carbocycles. The fraction of sp³-hybridized carbons (Fsp3) is 0.200. The van der Waals surface area contributed by atoms with Gasteiger partial charge < -0.3 is 5.41 Å². The largest absolute Gasteiger partial charge is 0.305 e. The Balaban J connectivity index is 2.55. The van der Waals surface area contributed by atoms with Crippen molar-refractivity contribution in [3.8, 4) is 0 Å². The van der Waals surface area contributed by atoms with Gasteiger partial charge in [-0.25, -0.2) is 8.42 Å². The van der Waals surface area contributed by atoms with Crippen LogP contribution >= 0.6 is 0 Å². The van der Waals surface area contributed by atoms with Crippen molar-refractivity contribution in [1.29, 1.82) is 5.41 Å². The summed E-state index contributed by atoms with van der Waals surface area (Å²) in [5.74, 6) is -0.460. The van der Waals surface area contributed by atoms with Gasteiger partial charge in [-0.05, 0) is 11.6 Å². The standard InChI is InChI=1S/C10H10N2O3S/c1-12-9-4-7(10(13)5-11)2-3-8(9)6-16(12,14)15/h2-5,11H,6H2,1H3. The average Bonchev–Trinajstić information content (AvgIpc) is 2.48. The number of fused-ring (bicyclic) bond motifs is 1. The molecule has 0 amide bonds. The number of nitrogens with zero attached hydrogens (tertiary/aromatic N) is 1. The van der Waals surface area contributed by atoms with E-state index in [9.17, 15) is 13.2 Å². The smallest absolute Gasteiger partial charge is 0.239 e. The van der Waals surface area contributed by atoms with Crippen LogP contribution in [0.2, 0.25) is 0 Å². The number of hydrogen-bond donors (Lipinski definition) is 1. The zero-order chi connectivity index (χ0) is 11.9. The Morgan fingerprint density at radius 2 is 2.19 bits per heavy atom. The van der Waals surface area contributed by atoms with Gasteiger partial charge in [-0.1, -0.05) is 12.1 Å². The Bertz CT molecular complexity index is 578. The second kappa shape index (κ2) is 3.41. The maximum atomic E-state index is 11.6. The molecule has 1 aliphatic heterocycles. The molecule has 0 unspecified atom stereocenters. The quantitative estimate of drug-likeness (QED) is 0.611. The third kappa shape index (κ3) is 1.51. The van der Waals surface area contributed by atoms with Crippen molar-refractivity contribution in [1.82, 2.24) is 0 Å². The molecule has 0 saturated carbocycles. The van der Waals surface area contributed by atoms with Crippen LogP contribution in [0, 0.1) is 5.41 Å². The molecule has 0 aromatic heterocycles. The van der Waals surface area contributed by atoms with Crippen molar-refractivity contribution >= 4 is 27.7 Å². The summed E-state index contributed by atoms with van der Waals surface area (Å²) in [6.07, 6.45) is 0.713. The lowest BCUT2D eigenvalue weighted by molar-refractivity contribution is 0.107. The topological polar surface area (TPSA) is 78.3 Å². The van der Waals surface area contributed by atoms with Crippen LogP contribution in [0.4, 0.5) is 5.69 Å². The van der Waals surface area contributed by atoms with Crippen molar-refractivity contribution in [3.05, 3.63) is 29.3 Å². The monoisotopic (exact) mass is 238 g/mol. The molecule has 84 valence electrons. The third-order valence-electron chi connectivity index (χ3n) is 2.60. The molecule has 1 N–H and O–H groups in total. The number of hydrogen-bond acceptors (Lipinski definition) is 4. The van der Waals surface area contributed by atoms with Gasteiger partial charge in [-0.3, -0.25) is 9.10 Å². The minimum absolute atomic E-state index is 0.0299. The summed E-state index contributed by atoms with van der Waals surface area (Å²) in [4.78, 5) is 11.3. The number of rotatable bonds is 2. The van der Waals surface area contributed by atoms with Gasteiger partial charge in [-0.15, -0.1) is 0 Å². The average molecular weight is 238 g/mol. The molecule has 5 nitrogen and oxygen atoms in total. The normalized spacial score (nSPS) is 16.9. The predicted molar refractivity (Wildman–Crippen MR) is 60.6 cm³/mol. The number of carbonyl (C=O) groups excluding carboxylic acids is 1. The molecule has 0 spiro atoms. The van der Waals surface area contributed by atoms with Gasteiger partial charge in [-0.2, -0.15) is 0 Å². The highest BCUT2D eigenvalue weighted by molar-refractivity contribution is 7.92. The summed E-state index contributed by atoms with van der Waals surface area (Å²) in [6.45, 7) is 0. The van der Waals surface area contributed by atoms with E-state index in [0.29, 0.717) is 23.0 Å². The van der Waals surface area contributed by atoms with Gasteiger partial charge in [0.25, 0.3) is 0 Å². The van der Waals surface area contributed by atoms with E-state index in [2.05, 4.69) is 0 Å². The van der Waals surface area contributed by atoms with Crippen LogP contribution in [-0.2, 0) is 15.8 Å². The molecule has 1 aromatic rings. The molecule has 1 aliphatic rings. The van der Waals surface area contributed by atoms with E-state index >= 15 is 0 Å². The first-order valence-corrected chi connectivity index (χ1v) is 6.21. The highest BCUT2D eigenvalue weighted by Gasteiger charge is 2.30. The number of Topliss-reactive ketones (excluding diaryl/α,β-unsaturated/α-hetero) is 1. The Labute approximate surface area is 93.3 Å². The predicted octanol–water partition coefficient (Wildman–Crippen LogP) is 0.798. The molecule has 0 fully saturated rings. The zero-order valence-corrected chi connectivity index (χ0v) is 9.41. The molecular weight excluding hydrogens is 228 g/mol. The summed E-state index contributed by atoms with van der Waals surface area (Å²) in [5.41, 5.74) is 1.54. The van der Waals surface area contributed by atoms with Crippen molar-refractivity contribution in [2.24, 2.45) is 0 Å². The Hall–Kier alpha value is -1.69. The Morgan fingerprint density at radius 3 is 2.81 bits per heavy atom. The van der Waals surface area contributed by atoms with Crippen molar-refractivity contribution in [3.63, 3.8) is 0 Å². The van der Waals surface area contributed by atoms with Gasteiger partial charge in [0.2, 0.25) is 15.8 Å². The van der Waals surface area contributed by atoms with Crippen LogP contribution in [-0.4, -0.2) is 27.5 Å². The summed E-state index contributed by atoms with van der Waals surface area (Å²) < 4.78 is 24.3. The van der Waals surface area contributed by atoms with Gasteiger partial charge in [0.15, 0.2) is 0 Å². The molecule has 6 heteroatoms. The summed E-state index contributed by atoms with van der Waals surface area (Å²) in [5, 5.41) is 6.86. The maximum Gasteiger partial charge on any atom is 0.239 e. The molecule has 16 heavy (non-hydrogen) atoms. The van der Waals surface area contributed by atoms with Crippen molar-refractivity contribution in [2.75, 3.05) is 11.4 Å². The summed E-state index contributed by atoms with van der Waals surface area (Å²) in [7, 11) is -1.81. The first-order valence-electron chi connectivity index (χ1n) is 4.60. The molecule has 0 atom stereocenters. The number of benzene rings is 1. The molecule has 1 heterocycles. The maximum absolute atomic E-state index is 11.6. The lowest BCUT2D eigenvalue weighted by Crippen LogP contribution is -2.21. The highest BCUT2D eigenvalue weighted by atomic mass is 32.2. The molecule has 0 bridgehead atoms. The fourth-order valence-corrected chi connectivity index (χ4v) is 2.96. The van der Waals surface area contributed by atoms with Crippen LogP contribution in [0.3, 0.4) is 0 Å². The molecule has 0 aliphatic carbocycles. The van der Waals surface area contributed by atoms with Gasteiger partial charge in [0.05, 0.1) is 17.7 Å². The van der Waals surface area contributed by atoms with Crippen LogP contribution in [0.15, 0.2) is 18.2 Å². The van der Waals surface area contributed by atoms with Crippen LogP contribution in [0.1, 0.15) is 15.9 Å². The second-order valence-corrected chi connectivity index (χ2v) is 5.58. The Morgan fingerprint density at radius 1 is 1.50 bits per heavy atom. The number of sulfonamides is 1. The third-order valence-corrected chi connectivity index (χ3v) is 4.30. The van der Waals surface area contributed by atoms with Crippen LogP contribution < -0.4 is 4.31 Å². The summed E-state index contributed by atoms with van der Waals surface area (Å²) in [6, 6.07) is 4.67. The van der Waals surface area contributed by atoms with Crippen LogP contribution in [0.25, 0.3) is 0 Å². The number of carbonyl (C=O) groups is 1. The first kappa shape index (κ1) is 10.8. The number of nitrogens with one attached hydrogen (secondary N) is 1. The molecule has 2 rings (SSSR count). The van der Waals surface area contributed by atoms with Gasteiger partial charge in [0.1, 0.15) is 0 Å². The van der Waals surface area contributed by atoms with E-state index < -0.39 is 15.8 Å². The SMILES string of the molecule is CN1c2cc(C(=O)C=N)ccc2CS1(=O)=O. The van der Waals surface area contributed by atoms with Gasteiger partial charge in [0, 0.05) is 12.6 Å². The van der Waals surface area contributed by atoms with E-state index in [0.717, 1.165) is 0 Å². The lowest BCUT2D eigenvalue weighted by atomic mass is 10.1. The number of ketones is 1. The van der Waals surface area contributed by atoms with E-state index in [1.54, 1.807) is 12.1 Å². The Kier molecular flexibility index (Phi) is 2.31.